The molecule has 1 aromatic heterocycles. The third-order valence-corrected chi connectivity index (χ3v) is 3.32. The maximum atomic E-state index is 12.1. The summed E-state index contributed by atoms with van der Waals surface area (Å²) in [7, 11) is 0. The minimum atomic E-state index is -0.151. The van der Waals surface area contributed by atoms with Gasteiger partial charge in [0, 0.05) is 18.6 Å². The Kier molecular flexibility index (Phi) is 3.68. The summed E-state index contributed by atoms with van der Waals surface area (Å²) >= 11 is 0. The number of hydrogen-bond acceptors (Lipinski definition) is 5. The van der Waals surface area contributed by atoms with Crippen molar-refractivity contribution in [3.05, 3.63) is 5.82 Å². The Morgan fingerprint density at radius 1 is 1.47 bits per heavy atom. The first-order valence-electron chi connectivity index (χ1n) is 6.02. The summed E-state index contributed by atoms with van der Waals surface area (Å²) in [6, 6.07) is 0.538. The van der Waals surface area contributed by atoms with Gasteiger partial charge in [-0.25, -0.2) is 0 Å². The number of rotatable bonds is 3. The number of nitrogens with one attached hydrogen (secondary N) is 1. The third-order valence-electron chi connectivity index (χ3n) is 3.32. The standard InChI is InChI=1S/C10H18N6O/c1-2-16(8-5-3-7(11)4-6-8)10(17)9-12-14-15-13-9/h7-8H,2-6,11H2,1H3,(H,12,13,14,15). The summed E-state index contributed by atoms with van der Waals surface area (Å²) in [5.41, 5.74) is 5.87. The summed E-state index contributed by atoms with van der Waals surface area (Å²) in [5, 5.41) is 13.2. The van der Waals surface area contributed by atoms with Gasteiger partial charge in [0.15, 0.2) is 0 Å². The average molecular weight is 238 g/mol. The number of amides is 1. The Morgan fingerprint density at radius 3 is 2.71 bits per heavy atom. The minimum absolute atomic E-state index is 0.140. The maximum Gasteiger partial charge on any atom is 0.295 e. The largest absolute Gasteiger partial charge is 0.333 e. The van der Waals surface area contributed by atoms with Gasteiger partial charge in [0.1, 0.15) is 0 Å². The van der Waals surface area contributed by atoms with Crippen molar-refractivity contribution < 1.29 is 4.79 Å². The first kappa shape index (κ1) is 12.0. The highest BCUT2D eigenvalue weighted by Gasteiger charge is 2.28. The molecule has 0 aliphatic heterocycles. The summed E-state index contributed by atoms with van der Waals surface area (Å²) in [5.74, 6) is -0.0107. The summed E-state index contributed by atoms with van der Waals surface area (Å²) in [4.78, 5) is 13.9. The second-order valence-electron chi connectivity index (χ2n) is 4.40. The van der Waals surface area contributed by atoms with E-state index in [2.05, 4.69) is 20.6 Å². The smallest absolute Gasteiger partial charge is 0.295 e. The second kappa shape index (κ2) is 5.22. The van der Waals surface area contributed by atoms with E-state index >= 15 is 0 Å². The lowest BCUT2D eigenvalue weighted by Crippen LogP contribution is -2.44. The molecule has 1 aliphatic rings. The lowest BCUT2D eigenvalue weighted by atomic mass is 9.90. The van der Waals surface area contributed by atoms with Crippen LogP contribution < -0.4 is 5.73 Å². The van der Waals surface area contributed by atoms with Gasteiger partial charge in [0.05, 0.1) is 0 Å². The summed E-state index contributed by atoms with van der Waals surface area (Å²) in [6.07, 6.45) is 3.86. The quantitative estimate of drug-likeness (QED) is 0.767. The van der Waals surface area contributed by atoms with Gasteiger partial charge in [-0.05, 0) is 37.8 Å². The molecular formula is C10H18N6O. The molecule has 0 atom stereocenters. The van der Waals surface area contributed by atoms with Crippen molar-refractivity contribution in [1.29, 1.82) is 0 Å². The van der Waals surface area contributed by atoms with Gasteiger partial charge in [-0.2, -0.15) is 5.21 Å². The maximum absolute atomic E-state index is 12.1. The van der Waals surface area contributed by atoms with Crippen molar-refractivity contribution in [2.75, 3.05) is 6.54 Å². The molecule has 17 heavy (non-hydrogen) atoms. The van der Waals surface area contributed by atoms with Crippen LogP contribution >= 0.6 is 0 Å². The van der Waals surface area contributed by atoms with Crippen LogP contribution in [0.5, 0.6) is 0 Å². The second-order valence-corrected chi connectivity index (χ2v) is 4.40. The topological polar surface area (TPSA) is 101 Å². The van der Waals surface area contributed by atoms with Crippen LogP contribution in [0.1, 0.15) is 43.2 Å². The molecule has 0 aromatic carbocycles. The number of nitrogens with zero attached hydrogens (tertiary/aromatic N) is 4. The number of carbonyl (C=O) groups excluding carboxylic acids is 1. The van der Waals surface area contributed by atoms with Crippen LogP contribution in [-0.2, 0) is 0 Å². The molecule has 3 N–H and O–H groups in total. The number of aromatic amines is 1. The number of nitrogens with two attached hydrogens (primary N) is 1. The van der Waals surface area contributed by atoms with E-state index in [0.29, 0.717) is 6.54 Å². The van der Waals surface area contributed by atoms with Crippen molar-refractivity contribution in [2.45, 2.75) is 44.7 Å². The highest BCUT2D eigenvalue weighted by molar-refractivity contribution is 5.90. The van der Waals surface area contributed by atoms with Crippen LogP contribution in [0.15, 0.2) is 0 Å². The number of H-pyrrole nitrogens is 1. The van der Waals surface area contributed by atoms with Crippen molar-refractivity contribution in [3.63, 3.8) is 0 Å². The Labute approximate surface area is 99.7 Å². The summed E-state index contributed by atoms with van der Waals surface area (Å²) in [6.45, 7) is 2.62. The molecule has 0 saturated heterocycles. The Balaban J connectivity index is 2.03. The van der Waals surface area contributed by atoms with Gasteiger partial charge in [-0.1, -0.05) is 0 Å². The SMILES string of the molecule is CCN(C(=O)c1nn[nH]n1)C1CCC(N)CC1. The molecule has 1 heterocycles. The van der Waals surface area contributed by atoms with E-state index in [1.165, 1.54) is 0 Å². The minimum Gasteiger partial charge on any atom is -0.333 e. The third kappa shape index (κ3) is 2.60. The van der Waals surface area contributed by atoms with E-state index in [-0.39, 0.29) is 23.8 Å². The molecule has 0 bridgehead atoms. The molecule has 2 rings (SSSR count). The van der Waals surface area contributed by atoms with Gasteiger partial charge in [-0.3, -0.25) is 4.79 Å². The van der Waals surface area contributed by atoms with E-state index in [9.17, 15) is 4.79 Å². The van der Waals surface area contributed by atoms with E-state index in [0.717, 1.165) is 25.7 Å². The molecule has 1 aromatic rings. The molecule has 1 aliphatic carbocycles. The Hall–Kier alpha value is -1.50. The molecule has 1 saturated carbocycles. The van der Waals surface area contributed by atoms with Gasteiger partial charge >= 0.3 is 0 Å². The first-order chi connectivity index (χ1) is 8.22. The van der Waals surface area contributed by atoms with Gasteiger partial charge < -0.3 is 10.6 Å². The van der Waals surface area contributed by atoms with Gasteiger partial charge in [0.25, 0.3) is 11.7 Å². The van der Waals surface area contributed by atoms with Crippen molar-refractivity contribution in [1.82, 2.24) is 25.5 Å². The molecule has 7 nitrogen and oxygen atoms in total. The fraction of sp³-hybridized carbons (Fsp3) is 0.800. The molecule has 1 amide bonds. The normalized spacial score (nSPS) is 24.6. The molecule has 0 radical (unpaired) electrons. The number of aromatic nitrogens is 4. The molecule has 1 fully saturated rings. The van der Waals surface area contributed by atoms with E-state index < -0.39 is 0 Å². The molecular weight excluding hydrogens is 220 g/mol. The van der Waals surface area contributed by atoms with Crippen LogP contribution in [0.3, 0.4) is 0 Å². The number of tetrazole rings is 1. The molecule has 0 unspecified atom stereocenters. The van der Waals surface area contributed by atoms with Crippen molar-refractivity contribution >= 4 is 5.91 Å². The van der Waals surface area contributed by atoms with E-state index in [4.69, 9.17) is 5.73 Å². The zero-order chi connectivity index (χ0) is 12.3. The van der Waals surface area contributed by atoms with Gasteiger partial charge in [-0.15, -0.1) is 10.2 Å². The highest BCUT2D eigenvalue weighted by atomic mass is 16.2. The number of carbonyl (C=O) groups is 1. The van der Waals surface area contributed by atoms with Gasteiger partial charge in [0.2, 0.25) is 0 Å². The average Bonchev–Trinajstić information content (AvgIpc) is 2.86. The Bertz CT molecular complexity index is 357. The van der Waals surface area contributed by atoms with E-state index in [1.54, 1.807) is 0 Å². The van der Waals surface area contributed by atoms with Crippen LogP contribution in [0, 0.1) is 0 Å². The van der Waals surface area contributed by atoms with Crippen LogP contribution in [0.2, 0.25) is 0 Å². The predicted molar refractivity (Wildman–Crippen MR) is 61.1 cm³/mol. The van der Waals surface area contributed by atoms with E-state index in [1.807, 2.05) is 11.8 Å². The van der Waals surface area contributed by atoms with Crippen molar-refractivity contribution in [3.8, 4) is 0 Å². The zero-order valence-electron chi connectivity index (χ0n) is 9.96. The summed E-state index contributed by atoms with van der Waals surface area (Å²) < 4.78 is 0. The molecule has 0 spiro atoms. The Morgan fingerprint density at radius 2 is 2.18 bits per heavy atom. The van der Waals surface area contributed by atoms with Crippen LogP contribution in [0.25, 0.3) is 0 Å². The molecule has 94 valence electrons. The lowest BCUT2D eigenvalue weighted by molar-refractivity contribution is 0.0628. The number of hydrogen-bond donors (Lipinski definition) is 2. The first-order valence-corrected chi connectivity index (χ1v) is 6.02. The fourth-order valence-electron chi connectivity index (χ4n) is 2.36. The van der Waals surface area contributed by atoms with Crippen LogP contribution in [-0.4, -0.2) is 50.1 Å². The van der Waals surface area contributed by atoms with Crippen molar-refractivity contribution in [2.24, 2.45) is 5.73 Å². The van der Waals surface area contributed by atoms with Crippen LogP contribution in [0.4, 0.5) is 0 Å². The zero-order valence-corrected chi connectivity index (χ0v) is 9.96. The fourth-order valence-corrected chi connectivity index (χ4v) is 2.36. The molecule has 7 heteroatoms. The lowest BCUT2D eigenvalue weighted by Gasteiger charge is -2.34. The monoisotopic (exact) mass is 238 g/mol. The highest BCUT2D eigenvalue weighted by Crippen LogP contribution is 2.22. The predicted octanol–water partition coefficient (Wildman–Crippen LogP) is -0.0683.